The monoisotopic (exact) mass is 715 g/mol. The molecule has 3 aromatic rings. The number of hydrogen-bond acceptors (Lipinski definition) is 7. The number of unbranched alkanes of at least 4 members (excludes halogenated alkanes) is 1. The van der Waals surface area contributed by atoms with Gasteiger partial charge in [0.05, 0.1) is 5.69 Å². The molecular weight excluding hydrogens is 655 g/mol. The normalized spacial score (nSPS) is 19.8. The van der Waals surface area contributed by atoms with E-state index < -0.39 is 42.6 Å². The molecule has 0 bridgehead atoms. The van der Waals surface area contributed by atoms with E-state index in [9.17, 15) is 23.2 Å². The molecule has 1 aliphatic carbocycles. The van der Waals surface area contributed by atoms with E-state index in [-0.39, 0.29) is 11.9 Å². The maximum absolute atomic E-state index is 13.5. The van der Waals surface area contributed by atoms with E-state index in [1.165, 1.54) is 50.3 Å². The predicted molar refractivity (Wildman–Crippen MR) is 202 cm³/mol. The Bertz CT molecular complexity index is 1390. The number of amides is 1. The number of nitrogens with zero attached hydrogens (tertiary/aromatic N) is 4. The van der Waals surface area contributed by atoms with Crippen LogP contribution < -0.4 is 15.3 Å². The fourth-order valence-corrected chi connectivity index (χ4v) is 5.42. The van der Waals surface area contributed by atoms with Gasteiger partial charge in [-0.25, -0.2) is 28.2 Å². The number of ether oxygens (including phenoxy) is 1. The SMILES string of the molecule is C=C.CC.CC.CCCC.C[C@@H]1CCCC2OC2N1c1ncccn1.Cc1ccccc1[C@H](C(=O)NC1CC(F)(F)C1)N(O)c1cccc(F)c1. The highest BCUT2D eigenvalue weighted by Gasteiger charge is 2.48. The molecule has 3 aliphatic rings. The zero-order valence-electron chi connectivity index (χ0n) is 31.8. The molecule has 2 unspecified atom stereocenters. The van der Waals surface area contributed by atoms with E-state index in [2.05, 4.69) is 54.1 Å². The first-order valence-corrected chi connectivity index (χ1v) is 18.2. The van der Waals surface area contributed by atoms with Crippen molar-refractivity contribution in [1.82, 2.24) is 15.3 Å². The minimum absolute atomic E-state index is 0.0901. The highest BCUT2D eigenvalue weighted by atomic mass is 19.3. The highest BCUT2D eigenvalue weighted by molar-refractivity contribution is 5.87. The lowest BCUT2D eigenvalue weighted by atomic mass is 9.87. The minimum Gasteiger partial charge on any atom is -0.351 e. The second kappa shape index (κ2) is 23.5. The lowest BCUT2D eigenvalue weighted by Crippen LogP contribution is -2.53. The van der Waals surface area contributed by atoms with Crippen LogP contribution in [0.2, 0.25) is 0 Å². The van der Waals surface area contributed by atoms with Gasteiger partial charge >= 0.3 is 0 Å². The standard InChI is InChI=1S/C19H19F3N2O2.C11H15N3O.C4H10.2C2H6.C2H4/c1-12-5-2-3-8-16(12)17(18(25)23-14-10-19(21,22)11-14)24(26)15-7-4-6-13(20)9-15;1-8-4-2-5-9-10(15-9)14(8)11-12-6-3-7-13-11;1-3-4-2;3*1-2/h2-9,14,17,26H,10-11H2,1H3,(H,23,25);3,6-10H,2,4-5H2,1H3;3-4H2,1-2H3;2*1-2H3;1-2H2/t17-;8-,9?,10?;;;;/m11..../s1. The maximum Gasteiger partial charge on any atom is 0.252 e. The third kappa shape index (κ3) is 13.9. The van der Waals surface area contributed by atoms with Crippen LogP contribution in [0.25, 0.3) is 0 Å². The van der Waals surface area contributed by atoms with E-state index in [0.717, 1.165) is 17.6 Å². The van der Waals surface area contributed by atoms with Crippen molar-refractivity contribution < 1.29 is 27.9 Å². The van der Waals surface area contributed by atoms with Crippen LogP contribution in [-0.4, -0.2) is 51.4 Å². The van der Waals surface area contributed by atoms with Crippen LogP contribution in [-0.2, 0) is 9.53 Å². The molecule has 2 N–H and O–H groups in total. The maximum atomic E-state index is 13.5. The third-order valence-electron chi connectivity index (χ3n) is 8.18. The average Bonchev–Trinajstić information content (AvgIpc) is 3.92. The van der Waals surface area contributed by atoms with Gasteiger partial charge in [0.15, 0.2) is 12.3 Å². The molecule has 0 radical (unpaired) electrons. The summed E-state index contributed by atoms with van der Waals surface area (Å²) in [5.74, 6) is -3.15. The molecule has 3 heterocycles. The summed E-state index contributed by atoms with van der Waals surface area (Å²) in [6.45, 7) is 22.4. The van der Waals surface area contributed by atoms with Crippen molar-refractivity contribution in [3.8, 4) is 0 Å². The van der Waals surface area contributed by atoms with Crippen LogP contribution in [0.5, 0.6) is 0 Å². The Morgan fingerprint density at radius 3 is 2.18 bits per heavy atom. The number of alkyl halides is 2. The van der Waals surface area contributed by atoms with Gasteiger partial charge in [-0.05, 0) is 68.5 Å². The van der Waals surface area contributed by atoms with Crippen LogP contribution in [0.3, 0.4) is 0 Å². The zero-order chi connectivity index (χ0) is 38.6. The van der Waals surface area contributed by atoms with Crippen molar-refractivity contribution in [2.75, 3.05) is 9.96 Å². The first-order valence-electron chi connectivity index (χ1n) is 18.2. The van der Waals surface area contributed by atoms with Crippen LogP contribution in [0, 0.1) is 12.7 Å². The third-order valence-corrected chi connectivity index (χ3v) is 8.18. The fourth-order valence-electron chi connectivity index (χ4n) is 5.42. The largest absolute Gasteiger partial charge is 0.351 e. The van der Waals surface area contributed by atoms with Crippen molar-refractivity contribution in [2.24, 2.45) is 0 Å². The van der Waals surface area contributed by atoms with E-state index in [1.807, 2.05) is 33.8 Å². The number of epoxide rings is 1. The highest BCUT2D eigenvalue weighted by Crippen LogP contribution is 2.39. The Hall–Kier alpha value is -3.96. The summed E-state index contributed by atoms with van der Waals surface area (Å²) < 4.78 is 45.2. The van der Waals surface area contributed by atoms with Crippen LogP contribution in [0.1, 0.15) is 111 Å². The molecule has 1 aromatic heterocycles. The van der Waals surface area contributed by atoms with Crippen LogP contribution in [0.15, 0.2) is 80.1 Å². The van der Waals surface area contributed by atoms with Crippen molar-refractivity contribution in [1.29, 1.82) is 0 Å². The Morgan fingerprint density at radius 1 is 1.02 bits per heavy atom. The summed E-state index contributed by atoms with van der Waals surface area (Å²) >= 11 is 0. The number of aromatic nitrogens is 2. The van der Waals surface area contributed by atoms with E-state index >= 15 is 0 Å². The van der Waals surface area contributed by atoms with Gasteiger partial charge in [-0.1, -0.05) is 84.7 Å². The quantitative estimate of drug-likeness (QED) is 0.143. The van der Waals surface area contributed by atoms with Crippen molar-refractivity contribution in [3.05, 3.63) is 97.1 Å². The number of hydrogen-bond donors (Lipinski definition) is 2. The summed E-state index contributed by atoms with van der Waals surface area (Å²) in [7, 11) is 0. The lowest BCUT2D eigenvalue weighted by molar-refractivity contribution is -0.131. The first-order chi connectivity index (χ1) is 24.5. The van der Waals surface area contributed by atoms with Crippen molar-refractivity contribution >= 4 is 17.5 Å². The average molecular weight is 716 g/mol. The van der Waals surface area contributed by atoms with Gasteiger partial charge in [0.25, 0.3) is 5.92 Å². The number of carbonyl (C=O) groups is 1. The topological polar surface area (TPSA) is 94.1 Å². The summed E-state index contributed by atoms with van der Waals surface area (Å²) in [6.07, 6.45) is 9.63. The number of anilines is 2. The molecule has 51 heavy (non-hydrogen) atoms. The molecule has 8 nitrogen and oxygen atoms in total. The lowest BCUT2D eigenvalue weighted by Gasteiger charge is -2.37. The molecule has 1 saturated carbocycles. The molecule has 284 valence electrons. The number of fused-ring (bicyclic) bond motifs is 1. The molecule has 11 heteroatoms. The molecule has 2 saturated heterocycles. The van der Waals surface area contributed by atoms with Gasteiger partial charge in [0.2, 0.25) is 11.9 Å². The second-order valence-corrected chi connectivity index (χ2v) is 11.9. The summed E-state index contributed by atoms with van der Waals surface area (Å²) in [5, 5.41) is 13.8. The summed E-state index contributed by atoms with van der Waals surface area (Å²) in [5.41, 5.74) is 1.33. The number of aryl methyl sites for hydroxylation is 1. The smallest absolute Gasteiger partial charge is 0.252 e. The molecule has 1 amide bonds. The van der Waals surface area contributed by atoms with E-state index in [4.69, 9.17) is 4.74 Å². The van der Waals surface area contributed by atoms with Crippen LogP contribution >= 0.6 is 0 Å². The van der Waals surface area contributed by atoms with Gasteiger partial charge in [0, 0.05) is 37.3 Å². The van der Waals surface area contributed by atoms with Crippen molar-refractivity contribution in [2.45, 2.75) is 137 Å². The summed E-state index contributed by atoms with van der Waals surface area (Å²) in [4.78, 5) is 23.6. The van der Waals surface area contributed by atoms with E-state index in [0.29, 0.717) is 22.8 Å². The van der Waals surface area contributed by atoms with Crippen LogP contribution in [0.4, 0.5) is 24.8 Å². The van der Waals surface area contributed by atoms with Gasteiger partial charge in [-0.2, -0.15) is 0 Å². The Morgan fingerprint density at radius 2 is 1.63 bits per heavy atom. The molecule has 4 atom stereocenters. The number of nitrogens with one attached hydrogen (secondary N) is 1. The fraction of sp³-hybridized carbons (Fsp3) is 0.525. The molecule has 3 fully saturated rings. The minimum atomic E-state index is -2.77. The Balaban J connectivity index is 0.000000438. The number of hydroxylamine groups is 1. The Kier molecular flexibility index (Phi) is 20.8. The van der Waals surface area contributed by atoms with Gasteiger partial charge in [0.1, 0.15) is 11.9 Å². The predicted octanol–water partition coefficient (Wildman–Crippen LogP) is 10.2. The number of halogens is 3. The van der Waals surface area contributed by atoms with Gasteiger partial charge in [-0.3, -0.25) is 10.0 Å². The molecule has 6 rings (SSSR count). The number of benzene rings is 2. The van der Waals surface area contributed by atoms with E-state index in [1.54, 1.807) is 43.6 Å². The zero-order valence-corrected chi connectivity index (χ0v) is 31.8. The van der Waals surface area contributed by atoms with Crippen molar-refractivity contribution in [3.63, 3.8) is 0 Å². The molecule has 2 aliphatic heterocycles. The molecule has 2 aromatic carbocycles. The Labute approximate surface area is 304 Å². The van der Waals surface area contributed by atoms with Gasteiger partial charge in [-0.15, -0.1) is 13.2 Å². The second-order valence-electron chi connectivity index (χ2n) is 11.9. The molecular formula is C40H60F3N5O3. The number of carbonyl (C=O) groups excluding carboxylic acids is 1. The first kappa shape index (κ1) is 45.1. The number of rotatable bonds is 7. The van der Waals surface area contributed by atoms with Gasteiger partial charge < -0.3 is 15.0 Å². The molecule has 0 spiro atoms. The summed E-state index contributed by atoms with van der Waals surface area (Å²) in [6, 6.07) is 12.6.